The number of carbonyl (C=O) groups is 1. The Labute approximate surface area is 147 Å². The molecule has 132 valence electrons. The van der Waals surface area contributed by atoms with Crippen molar-refractivity contribution in [1.82, 2.24) is 15.6 Å². The SMILES string of the molecule is CCc1cnc(CCNC(=O)NC2C3CCOC3C23CCCC3)s1. The Morgan fingerprint density at radius 1 is 1.46 bits per heavy atom. The Morgan fingerprint density at radius 3 is 3.04 bits per heavy atom. The maximum atomic E-state index is 12.3. The smallest absolute Gasteiger partial charge is 0.315 e. The van der Waals surface area contributed by atoms with Gasteiger partial charge in [0.1, 0.15) is 0 Å². The molecule has 0 aromatic carbocycles. The largest absolute Gasteiger partial charge is 0.377 e. The standard InChI is InChI=1S/C18H27N3O2S/c1-2-12-11-20-14(24-12)5-9-19-17(22)21-15-13-6-10-23-16(13)18(15)7-3-4-8-18/h11,13,15-16H,2-10H2,1H3,(H2,19,21,22). The van der Waals surface area contributed by atoms with Crippen LogP contribution < -0.4 is 10.6 Å². The molecule has 2 N–H and O–H groups in total. The lowest BCUT2D eigenvalue weighted by Gasteiger charge is -2.56. The van der Waals surface area contributed by atoms with E-state index in [0.29, 0.717) is 24.6 Å². The average molecular weight is 350 g/mol. The lowest BCUT2D eigenvalue weighted by Crippen LogP contribution is -2.69. The van der Waals surface area contributed by atoms with Crippen LogP contribution in [-0.4, -0.2) is 36.3 Å². The van der Waals surface area contributed by atoms with Gasteiger partial charge in [-0.3, -0.25) is 0 Å². The lowest BCUT2D eigenvalue weighted by atomic mass is 9.54. The van der Waals surface area contributed by atoms with Crippen LogP contribution in [0.15, 0.2) is 6.20 Å². The summed E-state index contributed by atoms with van der Waals surface area (Å²) >= 11 is 1.74. The summed E-state index contributed by atoms with van der Waals surface area (Å²) in [4.78, 5) is 18.1. The highest BCUT2D eigenvalue weighted by Crippen LogP contribution is 2.60. The molecular formula is C18H27N3O2S. The highest BCUT2D eigenvalue weighted by atomic mass is 32.1. The second-order valence-electron chi connectivity index (χ2n) is 7.39. The van der Waals surface area contributed by atoms with Gasteiger partial charge in [0.15, 0.2) is 0 Å². The molecule has 1 aromatic heterocycles. The highest BCUT2D eigenvalue weighted by molar-refractivity contribution is 7.11. The summed E-state index contributed by atoms with van der Waals surface area (Å²) in [7, 11) is 0. The van der Waals surface area contributed by atoms with Gasteiger partial charge in [-0.25, -0.2) is 9.78 Å². The van der Waals surface area contributed by atoms with Gasteiger partial charge in [-0.15, -0.1) is 11.3 Å². The third-order valence-electron chi connectivity index (χ3n) is 6.15. The molecule has 2 aliphatic carbocycles. The second-order valence-corrected chi connectivity index (χ2v) is 8.59. The van der Waals surface area contributed by atoms with Crippen LogP contribution in [0.2, 0.25) is 0 Å². The van der Waals surface area contributed by atoms with Crippen LogP contribution in [0.25, 0.3) is 0 Å². The van der Waals surface area contributed by atoms with Crippen molar-refractivity contribution in [3.63, 3.8) is 0 Å². The second kappa shape index (κ2) is 6.64. The molecule has 2 heterocycles. The van der Waals surface area contributed by atoms with Crippen LogP contribution in [0.3, 0.4) is 0 Å². The molecule has 1 saturated heterocycles. The van der Waals surface area contributed by atoms with Gasteiger partial charge in [0.05, 0.1) is 11.1 Å². The molecule has 1 aliphatic heterocycles. The number of carbonyl (C=O) groups excluding carboxylic acids is 1. The van der Waals surface area contributed by atoms with Crippen molar-refractivity contribution in [2.75, 3.05) is 13.2 Å². The zero-order valence-electron chi connectivity index (χ0n) is 14.3. The summed E-state index contributed by atoms with van der Waals surface area (Å²) in [6, 6.07) is 0.281. The molecule has 4 rings (SSSR count). The Bertz CT molecular complexity index is 597. The molecule has 2 amide bonds. The van der Waals surface area contributed by atoms with Gasteiger partial charge in [0.2, 0.25) is 0 Å². The first-order valence-corrected chi connectivity index (χ1v) is 10.1. The first kappa shape index (κ1) is 16.3. The summed E-state index contributed by atoms with van der Waals surface area (Å²) in [6.45, 7) is 3.65. The number of hydrogen-bond donors (Lipinski definition) is 2. The minimum atomic E-state index is -0.0242. The molecule has 5 nitrogen and oxygen atoms in total. The van der Waals surface area contributed by atoms with Crippen LogP contribution in [0, 0.1) is 11.3 Å². The lowest BCUT2D eigenvalue weighted by molar-refractivity contribution is -0.126. The number of urea groups is 1. The van der Waals surface area contributed by atoms with E-state index in [4.69, 9.17) is 4.74 Å². The number of aromatic nitrogens is 1. The van der Waals surface area contributed by atoms with E-state index >= 15 is 0 Å². The monoisotopic (exact) mass is 349 g/mol. The molecule has 1 spiro atoms. The maximum Gasteiger partial charge on any atom is 0.315 e. The zero-order valence-corrected chi connectivity index (χ0v) is 15.2. The quantitative estimate of drug-likeness (QED) is 0.859. The van der Waals surface area contributed by atoms with Crippen molar-refractivity contribution in [3.05, 3.63) is 16.1 Å². The van der Waals surface area contributed by atoms with E-state index in [1.165, 1.54) is 30.6 Å². The number of fused-ring (bicyclic) bond motifs is 2. The van der Waals surface area contributed by atoms with E-state index in [1.807, 2.05) is 6.20 Å². The van der Waals surface area contributed by atoms with Crippen LogP contribution in [-0.2, 0) is 17.6 Å². The molecule has 2 saturated carbocycles. The summed E-state index contributed by atoms with van der Waals surface area (Å²) in [5.74, 6) is 0.528. The summed E-state index contributed by atoms with van der Waals surface area (Å²) in [5.41, 5.74) is 0.226. The van der Waals surface area contributed by atoms with Crippen molar-refractivity contribution >= 4 is 17.4 Å². The van der Waals surface area contributed by atoms with Crippen LogP contribution >= 0.6 is 11.3 Å². The number of amides is 2. The van der Waals surface area contributed by atoms with Gasteiger partial charge < -0.3 is 15.4 Å². The van der Waals surface area contributed by atoms with Gasteiger partial charge in [0.25, 0.3) is 0 Å². The maximum absolute atomic E-state index is 12.3. The normalized spacial score (nSPS) is 30.1. The molecule has 0 bridgehead atoms. The van der Waals surface area contributed by atoms with Gasteiger partial charge in [-0.1, -0.05) is 19.8 Å². The fourth-order valence-corrected chi connectivity index (χ4v) is 5.87. The van der Waals surface area contributed by atoms with E-state index in [2.05, 4.69) is 22.5 Å². The number of ether oxygens (including phenoxy) is 1. The fourth-order valence-electron chi connectivity index (χ4n) is 5.01. The molecule has 24 heavy (non-hydrogen) atoms. The Kier molecular flexibility index (Phi) is 4.52. The van der Waals surface area contributed by atoms with Crippen LogP contribution in [0.5, 0.6) is 0 Å². The molecule has 3 aliphatic rings. The first-order valence-electron chi connectivity index (χ1n) is 9.32. The highest BCUT2D eigenvalue weighted by Gasteiger charge is 2.65. The minimum Gasteiger partial charge on any atom is -0.377 e. The van der Waals surface area contributed by atoms with Crippen molar-refractivity contribution in [2.45, 2.75) is 64.0 Å². The molecule has 3 atom stereocenters. The molecule has 3 fully saturated rings. The number of aryl methyl sites for hydroxylation is 1. The topological polar surface area (TPSA) is 63.2 Å². The number of nitrogens with one attached hydrogen (secondary N) is 2. The van der Waals surface area contributed by atoms with Gasteiger partial charge >= 0.3 is 6.03 Å². The van der Waals surface area contributed by atoms with E-state index in [-0.39, 0.29) is 11.4 Å². The molecule has 6 heteroatoms. The summed E-state index contributed by atoms with van der Waals surface area (Å²) in [5, 5.41) is 7.40. The zero-order chi connectivity index (χ0) is 16.6. The predicted octanol–water partition coefficient (Wildman–Crippen LogP) is 2.89. The van der Waals surface area contributed by atoms with Crippen molar-refractivity contribution in [2.24, 2.45) is 11.3 Å². The van der Waals surface area contributed by atoms with Crippen molar-refractivity contribution in [3.8, 4) is 0 Å². The molecule has 0 radical (unpaired) electrons. The van der Waals surface area contributed by atoms with E-state index in [0.717, 1.165) is 30.9 Å². The predicted molar refractivity (Wildman–Crippen MR) is 94.3 cm³/mol. The number of thiazole rings is 1. The van der Waals surface area contributed by atoms with Crippen molar-refractivity contribution in [1.29, 1.82) is 0 Å². The third-order valence-corrected chi connectivity index (χ3v) is 7.35. The molecule has 3 unspecified atom stereocenters. The Morgan fingerprint density at radius 2 is 2.29 bits per heavy atom. The summed E-state index contributed by atoms with van der Waals surface area (Å²) in [6.07, 6.45) is 10.2. The minimum absolute atomic E-state index is 0.0242. The number of rotatable bonds is 5. The molecular weight excluding hydrogens is 322 g/mol. The van der Waals surface area contributed by atoms with Gasteiger partial charge in [-0.05, 0) is 25.7 Å². The van der Waals surface area contributed by atoms with E-state index in [1.54, 1.807) is 11.3 Å². The van der Waals surface area contributed by atoms with Gasteiger partial charge in [-0.2, -0.15) is 0 Å². The van der Waals surface area contributed by atoms with Crippen LogP contribution in [0.1, 0.15) is 48.9 Å². The average Bonchev–Trinajstić information content (AvgIpc) is 3.31. The summed E-state index contributed by atoms with van der Waals surface area (Å²) < 4.78 is 5.97. The Hall–Kier alpha value is -1.14. The number of nitrogens with zero attached hydrogens (tertiary/aromatic N) is 1. The Balaban J connectivity index is 1.28. The van der Waals surface area contributed by atoms with Crippen molar-refractivity contribution < 1.29 is 9.53 Å². The fraction of sp³-hybridized carbons (Fsp3) is 0.778. The van der Waals surface area contributed by atoms with Crippen LogP contribution in [0.4, 0.5) is 4.79 Å². The number of hydrogen-bond acceptors (Lipinski definition) is 4. The van der Waals surface area contributed by atoms with Gasteiger partial charge in [0, 0.05) is 48.0 Å². The van der Waals surface area contributed by atoms with E-state index in [9.17, 15) is 4.79 Å². The third kappa shape index (κ3) is 2.73. The first-order chi connectivity index (χ1) is 11.7. The van der Waals surface area contributed by atoms with E-state index < -0.39 is 0 Å². The molecule has 1 aromatic rings.